The summed E-state index contributed by atoms with van der Waals surface area (Å²) in [4.78, 5) is 12.3. The normalized spacial score (nSPS) is 44.0. The van der Waals surface area contributed by atoms with Gasteiger partial charge in [0.15, 0.2) is 0 Å². The Balaban J connectivity index is 1.99. The van der Waals surface area contributed by atoms with Crippen LogP contribution in [0.2, 0.25) is 0 Å². The van der Waals surface area contributed by atoms with Gasteiger partial charge in [0.2, 0.25) is 0 Å². The molecule has 0 spiro atoms. The fourth-order valence-corrected chi connectivity index (χ4v) is 4.07. The summed E-state index contributed by atoms with van der Waals surface area (Å²) in [5.74, 6) is 2.83. The van der Waals surface area contributed by atoms with Gasteiger partial charge in [-0.15, -0.1) is 0 Å². The van der Waals surface area contributed by atoms with Crippen molar-refractivity contribution in [1.29, 1.82) is 0 Å². The van der Waals surface area contributed by atoms with Gasteiger partial charge >= 0.3 is 5.97 Å². The average molecular weight is 238 g/mol. The maximum Gasteiger partial charge on any atom is 0.312 e. The highest BCUT2D eigenvalue weighted by Gasteiger charge is 2.59. The van der Waals surface area contributed by atoms with E-state index < -0.39 is 0 Å². The molecule has 98 valence electrons. The quantitative estimate of drug-likeness (QED) is 0.552. The number of rotatable bonds is 4. The predicted octanol–water partition coefficient (Wildman–Crippen LogP) is 3.65. The molecule has 0 aromatic heterocycles. The highest BCUT2D eigenvalue weighted by atomic mass is 16.5. The molecule has 0 N–H and O–H groups in total. The monoisotopic (exact) mass is 238 g/mol. The van der Waals surface area contributed by atoms with E-state index in [0.29, 0.717) is 18.4 Å². The van der Waals surface area contributed by atoms with E-state index in [1.807, 2.05) is 0 Å². The van der Waals surface area contributed by atoms with E-state index in [9.17, 15) is 4.79 Å². The Bertz CT molecular complexity index is 297. The topological polar surface area (TPSA) is 26.3 Å². The number of esters is 1. The van der Waals surface area contributed by atoms with Gasteiger partial charge < -0.3 is 4.74 Å². The number of carbonyl (C=O) groups excluding carboxylic acids is 1. The van der Waals surface area contributed by atoms with Gasteiger partial charge in [-0.2, -0.15) is 0 Å². The van der Waals surface area contributed by atoms with Gasteiger partial charge in [0, 0.05) is 0 Å². The number of carbonyl (C=O) groups is 1. The third-order valence-corrected chi connectivity index (χ3v) is 5.47. The molecule has 0 amide bonds. The molecule has 5 unspecified atom stereocenters. The van der Waals surface area contributed by atoms with E-state index in [-0.39, 0.29) is 11.4 Å². The molecule has 2 heteroatoms. The number of unbranched alkanes of at least 4 members (excludes halogenated alkanes) is 1. The van der Waals surface area contributed by atoms with Crippen LogP contribution in [0.1, 0.15) is 53.4 Å². The molecule has 2 fully saturated rings. The summed E-state index contributed by atoms with van der Waals surface area (Å²) in [6, 6.07) is 0. The van der Waals surface area contributed by atoms with Crippen LogP contribution < -0.4 is 0 Å². The molecule has 2 aliphatic carbocycles. The molecule has 5 atom stereocenters. The molecule has 0 aliphatic heterocycles. The lowest BCUT2D eigenvalue weighted by atomic mass is 9.67. The second kappa shape index (κ2) is 4.62. The largest absolute Gasteiger partial charge is 0.465 e. The van der Waals surface area contributed by atoms with Crippen molar-refractivity contribution in [1.82, 2.24) is 0 Å². The number of fused-ring (bicyclic) bond motifs is 2. The van der Waals surface area contributed by atoms with E-state index in [1.165, 1.54) is 6.42 Å². The number of hydrogen-bond donors (Lipinski definition) is 0. The first-order valence-electron chi connectivity index (χ1n) is 7.18. The lowest BCUT2D eigenvalue weighted by molar-refractivity contribution is -0.160. The van der Waals surface area contributed by atoms with Crippen molar-refractivity contribution in [2.75, 3.05) is 6.61 Å². The van der Waals surface area contributed by atoms with Gasteiger partial charge in [-0.3, -0.25) is 4.79 Å². The number of hydrogen-bond acceptors (Lipinski definition) is 2. The second-order valence-electron chi connectivity index (χ2n) is 6.43. The van der Waals surface area contributed by atoms with Gasteiger partial charge in [-0.25, -0.2) is 0 Å². The second-order valence-corrected chi connectivity index (χ2v) is 6.43. The minimum Gasteiger partial charge on any atom is -0.465 e. The summed E-state index contributed by atoms with van der Waals surface area (Å²) in [5.41, 5.74) is -0.190. The van der Waals surface area contributed by atoms with Crippen LogP contribution in [-0.4, -0.2) is 12.6 Å². The average Bonchev–Trinajstić information content (AvgIpc) is 2.78. The van der Waals surface area contributed by atoms with Gasteiger partial charge in [0.1, 0.15) is 0 Å². The zero-order valence-electron chi connectivity index (χ0n) is 11.7. The minimum atomic E-state index is -0.190. The van der Waals surface area contributed by atoms with E-state index in [0.717, 1.165) is 31.1 Å². The summed E-state index contributed by atoms with van der Waals surface area (Å²) in [6.07, 6.45) is 4.36. The van der Waals surface area contributed by atoms with Crippen LogP contribution >= 0.6 is 0 Å². The maximum atomic E-state index is 12.3. The maximum absolute atomic E-state index is 12.3. The lowest BCUT2D eigenvalue weighted by Gasteiger charge is -2.38. The van der Waals surface area contributed by atoms with Crippen molar-refractivity contribution in [2.24, 2.45) is 29.1 Å². The van der Waals surface area contributed by atoms with E-state index in [2.05, 4.69) is 27.7 Å². The molecule has 2 rings (SSSR count). The predicted molar refractivity (Wildman–Crippen MR) is 68.5 cm³/mol. The first kappa shape index (κ1) is 12.9. The van der Waals surface area contributed by atoms with Gasteiger partial charge in [-0.1, -0.05) is 27.2 Å². The Morgan fingerprint density at radius 3 is 2.59 bits per heavy atom. The fourth-order valence-electron chi connectivity index (χ4n) is 4.07. The van der Waals surface area contributed by atoms with E-state index in [1.54, 1.807) is 0 Å². The van der Waals surface area contributed by atoms with Crippen LogP contribution in [0.3, 0.4) is 0 Å². The SMILES string of the molecule is CCCCOC(=O)C1(C)CC2CC1C(C)C2C. The molecular weight excluding hydrogens is 212 g/mol. The molecule has 0 heterocycles. The molecular formula is C15H26O2. The zero-order chi connectivity index (χ0) is 12.6. The van der Waals surface area contributed by atoms with E-state index >= 15 is 0 Å². The van der Waals surface area contributed by atoms with Crippen LogP contribution in [0.5, 0.6) is 0 Å². The summed E-state index contributed by atoms with van der Waals surface area (Å²) in [5, 5.41) is 0. The Morgan fingerprint density at radius 2 is 2.06 bits per heavy atom. The first-order valence-corrected chi connectivity index (χ1v) is 7.18. The molecule has 2 nitrogen and oxygen atoms in total. The summed E-state index contributed by atoms with van der Waals surface area (Å²) < 4.78 is 5.47. The lowest BCUT2D eigenvalue weighted by Crippen LogP contribution is -2.40. The molecule has 2 aliphatic rings. The molecule has 2 saturated carbocycles. The van der Waals surface area contributed by atoms with Crippen LogP contribution in [0.4, 0.5) is 0 Å². The Kier molecular flexibility index (Phi) is 3.51. The van der Waals surface area contributed by atoms with Crippen LogP contribution in [0, 0.1) is 29.1 Å². The smallest absolute Gasteiger partial charge is 0.312 e. The van der Waals surface area contributed by atoms with Crippen molar-refractivity contribution >= 4 is 5.97 Å². The summed E-state index contributed by atoms with van der Waals surface area (Å²) >= 11 is 0. The van der Waals surface area contributed by atoms with Gasteiger partial charge in [0.25, 0.3) is 0 Å². The third kappa shape index (κ3) is 2.00. The molecule has 0 saturated heterocycles. The van der Waals surface area contributed by atoms with Crippen molar-refractivity contribution in [3.05, 3.63) is 0 Å². The van der Waals surface area contributed by atoms with Crippen LogP contribution in [0.25, 0.3) is 0 Å². The van der Waals surface area contributed by atoms with Crippen LogP contribution in [0.15, 0.2) is 0 Å². The van der Waals surface area contributed by atoms with Crippen molar-refractivity contribution in [3.8, 4) is 0 Å². The molecule has 0 aromatic rings. The number of ether oxygens (including phenoxy) is 1. The molecule has 17 heavy (non-hydrogen) atoms. The van der Waals surface area contributed by atoms with Crippen molar-refractivity contribution in [3.63, 3.8) is 0 Å². The molecule has 0 aromatic carbocycles. The molecule has 0 radical (unpaired) electrons. The highest BCUT2D eigenvalue weighted by Crippen LogP contribution is 2.61. The third-order valence-electron chi connectivity index (χ3n) is 5.47. The zero-order valence-corrected chi connectivity index (χ0v) is 11.7. The summed E-state index contributed by atoms with van der Waals surface area (Å²) in [7, 11) is 0. The Hall–Kier alpha value is -0.530. The fraction of sp³-hybridized carbons (Fsp3) is 0.933. The minimum absolute atomic E-state index is 0.0669. The van der Waals surface area contributed by atoms with Crippen molar-refractivity contribution in [2.45, 2.75) is 53.4 Å². The van der Waals surface area contributed by atoms with Gasteiger partial charge in [0.05, 0.1) is 12.0 Å². The summed E-state index contributed by atoms with van der Waals surface area (Å²) in [6.45, 7) is 9.51. The Morgan fingerprint density at radius 1 is 1.35 bits per heavy atom. The van der Waals surface area contributed by atoms with E-state index in [4.69, 9.17) is 4.74 Å². The Labute approximate surface area is 105 Å². The first-order chi connectivity index (χ1) is 8.00. The van der Waals surface area contributed by atoms with Crippen LogP contribution in [-0.2, 0) is 9.53 Å². The molecule has 2 bridgehead atoms. The van der Waals surface area contributed by atoms with Gasteiger partial charge in [-0.05, 0) is 49.9 Å². The highest BCUT2D eigenvalue weighted by molar-refractivity contribution is 5.77. The standard InChI is InChI=1S/C15H26O2/c1-5-6-7-17-14(16)15(4)9-12-8-13(15)11(3)10(12)2/h10-13H,5-9H2,1-4H3. The van der Waals surface area contributed by atoms with Crippen molar-refractivity contribution < 1.29 is 9.53 Å².